The van der Waals surface area contributed by atoms with Crippen molar-refractivity contribution in [3.63, 3.8) is 0 Å². The summed E-state index contributed by atoms with van der Waals surface area (Å²) in [5.74, 6) is 1.77. The SMILES string of the molecule is CCNC(=NCc1nc(C(C)OCC)no1)N(C)Cc1cnn(C)c1. The summed E-state index contributed by atoms with van der Waals surface area (Å²) in [5.41, 5.74) is 1.11. The van der Waals surface area contributed by atoms with Crippen LogP contribution in [-0.2, 0) is 24.9 Å². The minimum Gasteiger partial charge on any atom is -0.371 e. The van der Waals surface area contributed by atoms with E-state index in [0.717, 1.165) is 18.1 Å². The lowest BCUT2D eigenvalue weighted by Gasteiger charge is -2.21. The average Bonchev–Trinajstić information content (AvgIpc) is 3.20. The maximum atomic E-state index is 5.46. The molecule has 2 aromatic heterocycles. The van der Waals surface area contributed by atoms with Crippen molar-refractivity contribution in [1.82, 2.24) is 30.1 Å². The summed E-state index contributed by atoms with van der Waals surface area (Å²) in [6.45, 7) is 8.25. The van der Waals surface area contributed by atoms with Crippen LogP contribution in [0.15, 0.2) is 21.9 Å². The van der Waals surface area contributed by atoms with Crippen molar-refractivity contribution in [1.29, 1.82) is 0 Å². The Labute approximate surface area is 148 Å². The molecule has 0 aliphatic heterocycles. The lowest BCUT2D eigenvalue weighted by Crippen LogP contribution is -2.38. The van der Waals surface area contributed by atoms with Gasteiger partial charge in [-0.2, -0.15) is 10.1 Å². The number of guanidine groups is 1. The minimum atomic E-state index is -0.187. The molecule has 1 N–H and O–H groups in total. The molecule has 2 rings (SSSR count). The number of rotatable bonds is 8. The van der Waals surface area contributed by atoms with Gasteiger partial charge in [0.15, 0.2) is 11.8 Å². The fourth-order valence-corrected chi connectivity index (χ4v) is 2.34. The third-order valence-electron chi connectivity index (χ3n) is 3.50. The van der Waals surface area contributed by atoms with Gasteiger partial charge in [-0.15, -0.1) is 0 Å². The molecule has 0 spiro atoms. The molecule has 0 aliphatic carbocycles. The van der Waals surface area contributed by atoms with Crippen LogP contribution in [0, 0.1) is 0 Å². The van der Waals surface area contributed by atoms with E-state index in [1.165, 1.54) is 0 Å². The molecule has 0 bridgehead atoms. The van der Waals surface area contributed by atoms with E-state index in [2.05, 4.69) is 25.5 Å². The molecular weight excluding hydrogens is 322 g/mol. The Hall–Kier alpha value is -2.42. The quantitative estimate of drug-likeness (QED) is 0.570. The van der Waals surface area contributed by atoms with Gasteiger partial charge in [0.05, 0.1) is 6.20 Å². The van der Waals surface area contributed by atoms with Crippen molar-refractivity contribution < 1.29 is 9.26 Å². The molecule has 9 heteroatoms. The maximum Gasteiger partial charge on any atom is 0.248 e. The van der Waals surface area contributed by atoms with Crippen LogP contribution in [0.2, 0.25) is 0 Å². The van der Waals surface area contributed by atoms with Gasteiger partial charge in [0.2, 0.25) is 5.89 Å². The van der Waals surface area contributed by atoms with Gasteiger partial charge < -0.3 is 19.5 Å². The molecule has 138 valence electrons. The first-order chi connectivity index (χ1) is 12.0. The van der Waals surface area contributed by atoms with E-state index >= 15 is 0 Å². The third-order valence-corrected chi connectivity index (χ3v) is 3.50. The van der Waals surface area contributed by atoms with E-state index in [4.69, 9.17) is 9.26 Å². The summed E-state index contributed by atoms with van der Waals surface area (Å²) < 4.78 is 12.5. The number of aryl methyl sites for hydroxylation is 1. The third kappa shape index (κ3) is 5.56. The molecule has 25 heavy (non-hydrogen) atoms. The molecular formula is C16H27N7O2. The van der Waals surface area contributed by atoms with E-state index in [9.17, 15) is 0 Å². The summed E-state index contributed by atoms with van der Waals surface area (Å²) in [7, 11) is 3.88. The van der Waals surface area contributed by atoms with Gasteiger partial charge in [-0.25, -0.2) is 4.99 Å². The van der Waals surface area contributed by atoms with E-state index in [0.29, 0.717) is 31.4 Å². The smallest absolute Gasteiger partial charge is 0.248 e. The fraction of sp³-hybridized carbons (Fsp3) is 0.625. The molecule has 0 aromatic carbocycles. The molecule has 0 saturated carbocycles. The maximum absolute atomic E-state index is 5.46. The van der Waals surface area contributed by atoms with Crippen molar-refractivity contribution in [2.75, 3.05) is 20.2 Å². The van der Waals surface area contributed by atoms with Gasteiger partial charge >= 0.3 is 0 Å². The van der Waals surface area contributed by atoms with E-state index in [-0.39, 0.29) is 6.10 Å². The molecule has 0 amide bonds. The Bertz CT molecular complexity index is 680. The Balaban J connectivity index is 2.01. The second kappa shape index (κ2) is 9.16. The van der Waals surface area contributed by atoms with Gasteiger partial charge in [0.25, 0.3) is 0 Å². The largest absolute Gasteiger partial charge is 0.371 e. The number of aromatic nitrogens is 4. The monoisotopic (exact) mass is 349 g/mol. The lowest BCUT2D eigenvalue weighted by molar-refractivity contribution is 0.0683. The van der Waals surface area contributed by atoms with Crippen molar-refractivity contribution >= 4 is 5.96 Å². The van der Waals surface area contributed by atoms with Gasteiger partial charge in [0.1, 0.15) is 12.6 Å². The van der Waals surface area contributed by atoms with Crippen LogP contribution in [0.3, 0.4) is 0 Å². The number of hydrogen-bond donors (Lipinski definition) is 1. The van der Waals surface area contributed by atoms with Crippen molar-refractivity contribution in [2.45, 2.75) is 40.0 Å². The molecule has 1 atom stereocenters. The molecule has 0 radical (unpaired) electrons. The topological polar surface area (TPSA) is 93.6 Å². The molecule has 0 saturated heterocycles. The predicted octanol–water partition coefficient (Wildman–Crippen LogP) is 1.50. The van der Waals surface area contributed by atoms with Crippen LogP contribution < -0.4 is 5.32 Å². The Kier molecular flexibility index (Phi) is 6.93. The molecule has 9 nitrogen and oxygen atoms in total. The predicted molar refractivity (Wildman–Crippen MR) is 93.8 cm³/mol. The second-order valence-electron chi connectivity index (χ2n) is 5.69. The summed E-state index contributed by atoms with van der Waals surface area (Å²) in [6.07, 6.45) is 3.65. The summed E-state index contributed by atoms with van der Waals surface area (Å²) >= 11 is 0. The number of ether oxygens (including phenoxy) is 1. The molecule has 0 aliphatic rings. The number of aliphatic imine (C=N–C) groups is 1. The zero-order chi connectivity index (χ0) is 18.2. The highest BCUT2D eigenvalue weighted by Crippen LogP contribution is 2.13. The highest BCUT2D eigenvalue weighted by Gasteiger charge is 2.14. The van der Waals surface area contributed by atoms with Crippen LogP contribution in [-0.4, -0.2) is 51.0 Å². The molecule has 2 heterocycles. The highest BCUT2D eigenvalue weighted by molar-refractivity contribution is 5.79. The van der Waals surface area contributed by atoms with Gasteiger partial charge in [0, 0.05) is 45.6 Å². The van der Waals surface area contributed by atoms with Gasteiger partial charge in [-0.05, 0) is 20.8 Å². The number of nitrogens with zero attached hydrogens (tertiary/aromatic N) is 6. The zero-order valence-corrected chi connectivity index (χ0v) is 15.6. The summed E-state index contributed by atoms with van der Waals surface area (Å²) in [6, 6.07) is 0. The first kappa shape index (κ1) is 18.9. The Morgan fingerprint density at radius 3 is 2.92 bits per heavy atom. The molecule has 2 aromatic rings. The number of nitrogens with one attached hydrogen (secondary N) is 1. The molecule has 1 unspecified atom stereocenters. The van der Waals surface area contributed by atoms with Crippen LogP contribution in [0.5, 0.6) is 0 Å². The van der Waals surface area contributed by atoms with E-state index < -0.39 is 0 Å². The average molecular weight is 349 g/mol. The number of hydrogen-bond acceptors (Lipinski definition) is 6. The van der Waals surface area contributed by atoms with Gasteiger partial charge in [-0.1, -0.05) is 5.16 Å². The highest BCUT2D eigenvalue weighted by atomic mass is 16.5. The standard InChI is InChI=1S/C16H27N7O2/c1-6-17-16(22(4)10-13-8-19-23(5)11-13)18-9-14-20-15(21-25-14)12(3)24-7-2/h8,11-12H,6-7,9-10H2,1-5H3,(H,17,18). The Morgan fingerprint density at radius 2 is 2.28 bits per heavy atom. The first-order valence-electron chi connectivity index (χ1n) is 8.44. The molecule has 0 fully saturated rings. The first-order valence-corrected chi connectivity index (χ1v) is 8.44. The van der Waals surface area contributed by atoms with Crippen LogP contribution in [0.4, 0.5) is 0 Å². The lowest BCUT2D eigenvalue weighted by atomic mass is 10.3. The van der Waals surface area contributed by atoms with E-state index in [1.54, 1.807) is 4.68 Å². The van der Waals surface area contributed by atoms with Crippen LogP contribution in [0.25, 0.3) is 0 Å². The van der Waals surface area contributed by atoms with Crippen LogP contribution >= 0.6 is 0 Å². The van der Waals surface area contributed by atoms with E-state index in [1.807, 2.05) is 52.2 Å². The van der Waals surface area contributed by atoms with Crippen molar-refractivity contribution in [2.24, 2.45) is 12.0 Å². The Morgan fingerprint density at radius 1 is 1.48 bits per heavy atom. The van der Waals surface area contributed by atoms with Gasteiger partial charge in [-0.3, -0.25) is 4.68 Å². The normalized spacial score (nSPS) is 13.1. The summed E-state index contributed by atoms with van der Waals surface area (Å²) in [5, 5.41) is 11.4. The van der Waals surface area contributed by atoms with Crippen molar-refractivity contribution in [3.8, 4) is 0 Å². The minimum absolute atomic E-state index is 0.187. The van der Waals surface area contributed by atoms with Crippen molar-refractivity contribution in [3.05, 3.63) is 29.7 Å². The fourth-order valence-electron chi connectivity index (χ4n) is 2.34. The van der Waals surface area contributed by atoms with Crippen LogP contribution in [0.1, 0.15) is 44.2 Å². The second-order valence-corrected chi connectivity index (χ2v) is 5.69. The summed E-state index contributed by atoms with van der Waals surface area (Å²) in [4.78, 5) is 10.9. The zero-order valence-electron chi connectivity index (χ0n) is 15.6.